The molecule has 4 rings (SSSR count). The van der Waals surface area contributed by atoms with Crippen molar-refractivity contribution in [1.82, 2.24) is 15.0 Å². The van der Waals surface area contributed by atoms with E-state index in [0.29, 0.717) is 5.92 Å². The Morgan fingerprint density at radius 1 is 1.00 bits per heavy atom. The van der Waals surface area contributed by atoms with Crippen LogP contribution < -0.4 is 5.32 Å². The van der Waals surface area contributed by atoms with E-state index in [1.54, 1.807) is 12.4 Å². The van der Waals surface area contributed by atoms with Crippen LogP contribution >= 0.6 is 11.6 Å². The van der Waals surface area contributed by atoms with Gasteiger partial charge in [-0.3, -0.25) is 4.98 Å². The van der Waals surface area contributed by atoms with Gasteiger partial charge < -0.3 is 5.32 Å². The van der Waals surface area contributed by atoms with Crippen LogP contribution in [0.2, 0.25) is 5.02 Å². The highest BCUT2D eigenvalue weighted by Crippen LogP contribution is 2.39. The molecule has 1 atom stereocenters. The maximum absolute atomic E-state index is 6.05. The average Bonchev–Trinajstić information content (AvgIpc) is 2.69. The quantitative estimate of drug-likeness (QED) is 0.586. The Morgan fingerprint density at radius 3 is 2.39 bits per heavy atom. The van der Waals surface area contributed by atoms with Crippen molar-refractivity contribution < 1.29 is 0 Å². The number of nitrogens with one attached hydrogen (secondary N) is 1. The molecular formula is C23H25ClN4. The summed E-state index contributed by atoms with van der Waals surface area (Å²) < 4.78 is 0. The third kappa shape index (κ3) is 4.02. The van der Waals surface area contributed by atoms with Gasteiger partial charge in [0.05, 0.1) is 0 Å². The third-order valence-electron chi connectivity index (χ3n) is 5.54. The average molecular weight is 393 g/mol. The molecule has 5 heteroatoms. The Morgan fingerprint density at radius 2 is 1.71 bits per heavy atom. The lowest BCUT2D eigenvalue weighted by Crippen LogP contribution is -2.28. The number of benzene rings is 1. The minimum Gasteiger partial charge on any atom is -0.340 e. The maximum Gasteiger partial charge on any atom is 0.161 e. The smallest absolute Gasteiger partial charge is 0.161 e. The predicted molar refractivity (Wildman–Crippen MR) is 115 cm³/mol. The first-order valence-electron chi connectivity index (χ1n) is 9.73. The fourth-order valence-electron chi connectivity index (χ4n) is 3.75. The summed E-state index contributed by atoms with van der Waals surface area (Å²) in [5, 5.41) is 4.24. The molecule has 1 N–H and O–H groups in total. The fraction of sp³-hybridized carbons (Fsp3) is 0.348. The summed E-state index contributed by atoms with van der Waals surface area (Å²) >= 11 is 6.05. The second kappa shape index (κ2) is 7.51. The number of halogens is 1. The van der Waals surface area contributed by atoms with Crippen LogP contribution in [0.25, 0.3) is 11.4 Å². The number of aromatic nitrogens is 3. The molecule has 28 heavy (non-hydrogen) atoms. The van der Waals surface area contributed by atoms with Crippen LogP contribution in [-0.2, 0) is 12.8 Å². The number of rotatable bonds is 3. The molecule has 4 nitrogen and oxygen atoms in total. The van der Waals surface area contributed by atoms with Gasteiger partial charge in [0.2, 0.25) is 0 Å². The second-order valence-corrected chi connectivity index (χ2v) is 8.93. The molecule has 0 aliphatic heterocycles. The monoisotopic (exact) mass is 392 g/mol. The molecule has 0 unspecified atom stereocenters. The van der Waals surface area contributed by atoms with Crippen molar-refractivity contribution >= 4 is 23.1 Å². The molecule has 0 saturated heterocycles. The lowest BCUT2D eigenvalue weighted by Gasteiger charge is -2.35. The number of anilines is 2. The minimum atomic E-state index is 0.263. The Labute approximate surface area is 171 Å². The number of hydrogen-bond acceptors (Lipinski definition) is 4. The molecule has 1 aliphatic rings. The first-order chi connectivity index (χ1) is 13.4. The van der Waals surface area contributed by atoms with Gasteiger partial charge in [-0.1, -0.05) is 32.4 Å². The number of aryl methyl sites for hydroxylation is 1. The van der Waals surface area contributed by atoms with Crippen LogP contribution in [0.15, 0.2) is 48.8 Å². The zero-order valence-electron chi connectivity index (χ0n) is 16.5. The van der Waals surface area contributed by atoms with Crippen LogP contribution in [0.3, 0.4) is 0 Å². The Balaban J connectivity index is 1.77. The molecule has 1 aromatic carbocycles. The van der Waals surface area contributed by atoms with Gasteiger partial charge in [0.25, 0.3) is 0 Å². The van der Waals surface area contributed by atoms with E-state index in [-0.39, 0.29) is 5.41 Å². The molecule has 1 aliphatic carbocycles. The highest BCUT2D eigenvalue weighted by Gasteiger charge is 2.31. The van der Waals surface area contributed by atoms with E-state index in [4.69, 9.17) is 21.6 Å². The van der Waals surface area contributed by atoms with Crippen molar-refractivity contribution in [3.05, 3.63) is 65.1 Å². The lowest BCUT2D eigenvalue weighted by molar-refractivity contribution is 0.215. The van der Waals surface area contributed by atoms with E-state index in [1.807, 2.05) is 36.4 Å². The molecule has 3 aromatic rings. The van der Waals surface area contributed by atoms with Crippen molar-refractivity contribution in [3.8, 4) is 11.4 Å². The Kier molecular flexibility index (Phi) is 5.07. The molecular weight excluding hydrogens is 368 g/mol. The summed E-state index contributed by atoms with van der Waals surface area (Å²) in [7, 11) is 0. The molecule has 2 aromatic heterocycles. The largest absolute Gasteiger partial charge is 0.340 e. The number of hydrogen-bond donors (Lipinski definition) is 1. The molecule has 0 fully saturated rings. The lowest BCUT2D eigenvalue weighted by atomic mass is 9.71. The molecule has 144 valence electrons. The zero-order chi connectivity index (χ0) is 19.7. The summed E-state index contributed by atoms with van der Waals surface area (Å²) in [6, 6.07) is 11.6. The first kappa shape index (κ1) is 18.9. The van der Waals surface area contributed by atoms with Gasteiger partial charge in [0.15, 0.2) is 5.82 Å². The summed E-state index contributed by atoms with van der Waals surface area (Å²) in [4.78, 5) is 13.9. The van der Waals surface area contributed by atoms with Crippen molar-refractivity contribution in [2.45, 2.75) is 40.0 Å². The maximum atomic E-state index is 6.05. The van der Waals surface area contributed by atoms with Gasteiger partial charge >= 0.3 is 0 Å². The Bertz CT molecular complexity index is 962. The summed E-state index contributed by atoms with van der Waals surface area (Å²) in [6.45, 7) is 6.96. The second-order valence-electron chi connectivity index (χ2n) is 8.49. The SMILES string of the molecule is CC(C)(C)[C@H]1CCc2nc(-c3ccncc3)nc(Nc3ccc(Cl)cc3)c2C1. The van der Waals surface area contributed by atoms with Gasteiger partial charge in [-0.05, 0) is 67.0 Å². The van der Waals surface area contributed by atoms with Crippen LogP contribution in [0, 0.1) is 11.3 Å². The van der Waals surface area contributed by atoms with E-state index < -0.39 is 0 Å². The van der Waals surface area contributed by atoms with E-state index in [2.05, 4.69) is 31.1 Å². The van der Waals surface area contributed by atoms with Gasteiger partial charge in [-0.15, -0.1) is 0 Å². The highest BCUT2D eigenvalue weighted by atomic mass is 35.5. The van der Waals surface area contributed by atoms with Crippen LogP contribution in [-0.4, -0.2) is 15.0 Å². The van der Waals surface area contributed by atoms with E-state index in [0.717, 1.165) is 52.9 Å². The number of fused-ring (bicyclic) bond motifs is 1. The first-order valence-corrected chi connectivity index (χ1v) is 10.1. The van der Waals surface area contributed by atoms with Crippen LogP contribution in [0.4, 0.5) is 11.5 Å². The van der Waals surface area contributed by atoms with E-state index in [1.165, 1.54) is 5.56 Å². The standard InChI is InChI=1S/C23H25ClN4/c1-23(2,3)16-4-9-20-19(14-16)22(26-18-7-5-17(24)6-8-18)28-21(27-20)15-10-12-25-13-11-15/h5-8,10-13,16H,4,9,14H2,1-3H3,(H,26,27,28)/t16-/m0/s1. The summed E-state index contributed by atoms with van der Waals surface area (Å²) in [6.07, 6.45) is 6.68. The van der Waals surface area contributed by atoms with Crippen LogP contribution in [0.1, 0.15) is 38.4 Å². The van der Waals surface area contributed by atoms with E-state index in [9.17, 15) is 0 Å². The predicted octanol–water partition coefficient (Wildman–Crippen LogP) is 6.09. The third-order valence-corrected chi connectivity index (χ3v) is 5.80. The Hall–Kier alpha value is -2.46. The van der Waals surface area contributed by atoms with Gasteiger partial charge in [-0.2, -0.15) is 0 Å². The molecule has 0 radical (unpaired) electrons. The van der Waals surface area contributed by atoms with Gasteiger partial charge in [0.1, 0.15) is 5.82 Å². The fourth-order valence-corrected chi connectivity index (χ4v) is 3.88. The molecule has 0 saturated carbocycles. The van der Waals surface area contributed by atoms with E-state index >= 15 is 0 Å². The molecule has 2 heterocycles. The number of nitrogens with zero attached hydrogens (tertiary/aromatic N) is 3. The van der Waals surface area contributed by atoms with Crippen molar-refractivity contribution in [2.75, 3.05) is 5.32 Å². The van der Waals surface area contributed by atoms with Gasteiger partial charge in [0, 0.05) is 39.9 Å². The van der Waals surface area contributed by atoms with Crippen molar-refractivity contribution in [2.24, 2.45) is 11.3 Å². The van der Waals surface area contributed by atoms with Gasteiger partial charge in [-0.25, -0.2) is 9.97 Å². The zero-order valence-corrected chi connectivity index (χ0v) is 17.3. The summed E-state index contributed by atoms with van der Waals surface area (Å²) in [5.41, 5.74) is 4.61. The molecule has 0 spiro atoms. The van der Waals surface area contributed by atoms with Crippen molar-refractivity contribution in [1.29, 1.82) is 0 Å². The highest BCUT2D eigenvalue weighted by molar-refractivity contribution is 6.30. The normalized spacial score (nSPS) is 16.5. The number of pyridine rings is 1. The summed E-state index contributed by atoms with van der Waals surface area (Å²) in [5.74, 6) is 2.25. The van der Waals surface area contributed by atoms with Crippen LogP contribution in [0.5, 0.6) is 0 Å². The molecule has 0 amide bonds. The molecule has 0 bridgehead atoms. The van der Waals surface area contributed by atoms with Crippen molar-refractivity contribution in [3.63, 3.8) is 0 Å². The minimum absolute atomic E-state index is 0.263. The topological polar surface area (TPSA) is 50.7 Å².